The van der Waals surface area contributed by atoms with Gasteiger partial charge in [-0.05, 0) is 44.5 Å². The average Bonchev–Trinajstić information content (AvgIpc) is 2.58. The molecule has 2 N–H and O–H groups in total. The molecule has 0 aromatic heterocycles. The number of benzene rings is 1. The van der Waals surface area contributed by atoms with Crippen LogP contribution >= 0.6 is 0 Å². The van der Waals surface area contributed by atoms with E-state index >= 15 is 0 Å². The molecule has 6 nitrogen and oxygen atoms in total. The molecule has 1 aromatic carbocycles. The summed E-state index contributed by atoms with van der Waals surface area (Å²) in [5, 5.41) is 5.81. The Labute approximate surface area is 154 Å². The van der Waals surface area contributed by atoms with Crippen molar-refractivity contribution in [3.05, 3.63) is 30.1 Å². The minimum Gasteiger partial charge on any atom is -0.350 e. The molecular weight excluding hydrogens is 335 g/mol. The molecule has 1 fully saturated rings. The molecule has 0 atom stereocenters. The molecule has 0 aliphatic carbocycles. The monoisotopic (exact) mass is 364 g/mol. The number of halogens is 1. The van der Waals surface area contributed by atoms with Crippen LogP contribution in [0.5, 0.6) is 0 Å². The number of amides is 2. The predicted octanol–water partition coefficient (Wildman–Crippen LogP) is 1.69. The number of anilines is 1. The Hall–Kier alpha value is -1.99. The van der Waals surface area contributed by atoms with Crippen molar-refractivity contribution in [2.45, 2.75) is 32.7 Å². The maximum Gasteiger partial charge on any atom is 0.238 e. The number of nitrogens with zero attached hydrogens (tertiary/aromatic N) is 2. The van der Waals surface area contributed by atoms with Gasteiger partial charge in [0, 0.05) is 37.4 Å². The van der Waals surface area contributed by atoms with E-state index in [-0.39, 0.29) is 23.2 Å². The number of hydrogen-bond acceptors (Lipinski definition) is 4. The summed E-state index contributed by atoms with van der Waals surface area (Å²) in [7, 11) is 0. The van der Waals surface area contributed by atoms with Crippen molar-refractivity contribution >= 4 is 17.5 Å². The summed E-state index contributed by atoms with van der Waals surface area (Å²) in [6.07, 6.45) is 0.885. The van der Waals surface area contributed by atoms with Crippen LogP contribution in [0.15, 0.2) is 24.3 Å². The Morgan fingerprint density at radius 2 is 1.50 bits per heavy atom. The van der Waals surface area contributed by atoms with Gasteiger partial charge in [-0.1, -0.05) is 6.92 Å². The van der Waals surface area contributed by atoms with Gasteiger partial charge in [-0.2, -0.15) is 0 Å². The molecule has 0 radical (unpaired) electrons. The number of hydrogen-bond donors (Lipinski definition) is 2. The highest BCUT2D eigenvalue weighted by molar-refractivity contribution is 5.92. The number of piperazine rings is 1. The lowest BCUT2D eigenvalue weighted by Gasteiger charge is -2.34. The molecule has 0 bridgehead atoms. The maximum absolute atomic E-state index is 12.9. The second-order valence-corrected chi connectivity index (χ2v) is 7.39. The molecule has 1 saturated heterocycles. The molecular formula is C19H29FN4O2. The standard InChI is InChI=1S/C19H29FN4O2/c1-4-19(2,3)22-18(26)14-24-11-9-23(10-12-24)13-17(25)21-16-7-5-15(20)6-8-16/h5-8H,4,9-14H2,1-3H3,(H,21,25)(H,22,26). The van der Waals surface area contributed by atoms with Crippen LogP contribution in [0, 0.1) is 5.82 Å². The van der Waals surface area contributed by atoms with Crippen LogP contribution < -0.4 is 10.6 Å². The molecule has 144 valence electrons. The summed E-state index contributed by atoms with van der Waals surface area (Å²) in [5.74, 6) is -0.405. The zero-order valence-corrected chi connectivity index (χ0v) is 15.8. The van der Waals surface area contributed by atoms with Crippen molar-refractivity contribution in [1.29, 1.82) is 0 Å². The largest absolute Gasteiger partial charge is 0.350 e. The van der Waals surface area contributed by atoms with Crippen LogP contribution in [0.25, 0.3) is 0 Å². The van der Waals surface area contributed by atoms with Gasteiger partial charge in [0.1, 0.15) is 5.82 Å². The van der Waals surface area contributed by atoms with E-state index in [4.69, 9.17) is 0 Å². The van der Waals surface area contributed by atoms with Crippen molar-refractivity contribution in [2.24, 2.45) is 0 Å². The molecule has 1 aromatic rings. The van der Waals surface area contributed by atoms with Crippen LogP contribution in [0.3, 0.4) is 0 Å². The molecule has 2 amide bonds. The summed E-state index contributed by atoms with van der Waals surface area (Å²) in [5.41, 5.74) is 0.405. The second-order valence-electron chi connectivity index (χ2n) is 7.39. The minimum atomic E-state index is -0.328. The van der Waals surface area contributed by atoms with E-state index in [1.54, 1.807) is 12.1 Å². The highest BCUT2D eigenvalue weighted by atomic mass is 19.1. The molecule has 0 saturated carbocycles. The zero-order valence-electron chi connectivity index (χ0n) is 15.8. The van der Waals surface area contributed by atoms with Crippen molar-refractivity contribution < 1.29 is 14.0 Å². The first-order valence-corrected chi connectivity index (χ1v) is 9.08. The van der Waals surface area contributed by atoms with Gasteiger partial charge in [0.15, 0.2) is 0 Å². The fourth-order valence-corrected chi connectivity index (χ4v) is 2.75. The van der Waals surface area contributed by atoms with Gasteiger partial charge in [-0.3, -0.25) is 19.4 Å². The third-order valence-corrected chi connectivity index (χ3v) is 4.69. The van der Waals surface area contributed by atoms with E-state index < -0.39 is 0 Å². The molecule has 2 rings (SSSR count). The van der Waals surface area contributed by atoms with Crippen LogP contribution in [0.1, 0.15) is 27.2 Å². The Kier molecular flexibility index (Phi) is 7.11. The fraction of sp³-hybridized carbons (Fsp3) is 0.579. The summed E-state index contributed by atoms with van der Waals surface area (Å²) in [6.45, 7) is 9.75. The van der Waals surface area contributed by atoms with Gasteiger partial charge < -0.3 is 10.6 Å². The molecule has 0 spiro atoms. The Bertz CT molecular complexity index is 610. The van der Waals surface area contributed by atoms with Gasteiger partial charge in [0.25, 0.3) is 0 Å². The lowest BCUT2D eigenvalue weighted by Crippen LogP contribution is -2.53. The van der Waals surface area contributed by atoms with Crippen molar-refractivity contribution in [2.75, 3.05) is 44.6 Å². The third kappa shape index (κ3) is 6.72. The zero-order chi connectivity index (χ0) is 19.2. The van der Waals surface area contributed by atoms with Gasteiger partial charge in [-0.15, -0.1) is 0 Å². The topological polar surface area (TPSA) is 64.7 Å². The van der Waals surface area contributed by atoms with E-state index in [0.717, 1.165) is 32.6 Å². The first-order chi connectivity index (χ1) is 12.3. The van der Waals surface area contributed by atoms with Gasteiger partial charge in [-0.25, -0.2) is 4.39 Å². The van der Waals surface area contributed by atoms with Crippen molar-refractivity contribution in [3.63, 3.8) is 0 Å². The van der Waals surface area contributed by atoms with Crippen molar-refractivity contribution in [3.8, 4) is 0 Å². The number of rotatable bonds is 7. The summed E-state index contributed by atoms with van der Waals surface area (Å²) >= 11 is 0. The maximum atomic E-state index is 12.9. The van der Waals surface area contributed by atoms with E-state index in [9.17, 15) is 14.0 Å². The van der Waals surface area contributed by atoms with E-state index in [2.05, 4.69) is 27.4 Å². The Morgan fingerprint density at radius 1 is 1.00 bits per heavy atom. The van der Waals surface area contributed by atoms with Crippen LogP contribution in [-0.4, -0.2) is 66.4 Å². The number of carbonyl (C=O) groups is 2. The number of carbonyl (C=O) groups excluding carboxylic acids is 2. The molecule has 26 heavy (non-hydrogen) atoms. The SMILES string of the molecule is CCC(C)(C)NC(=O)CN1CCN(CC(=O)Nc2ccc(F)cc2)CC1. The Balaban J connectivity index is 1.70. The molecule has 1 aliphatic rings. The predicted molar refractivity (Wildman–Crippen MR) is 100 cm³/mol. The van der Waals surface area contributed by atoms with Crippen LogP contribution in [-0.2, 0) is 9.59 Å². The average molecular weight is 364 g/mol. The third-order valence-electron chi connectivity index (χ3n) is 4.69. The first kappa shape index (κ1) is 20.3. The first-order valence-electron chi connectivity index (χ1n) is 9.08. The normalized spacial score (nSPS) is 16.3. The van der Waals surface area contributed by atoms with E-state index in [1.807, 2.05) is 13.8 Å². The second kappa shape index (κ2) is 9.09. The van der Waals surface area contributed by atoms with E-state index in [0.29, 0.717) is 18.8 Å². The molecule has 1 heterocycles. The minimum absolute atomic E-state index is 0.0411. The van der Waals surface area contributed by atoms with Crippen LogP contribution in [0.4, 0.5) is 10.1 Å². The lowest BCUT2D eigenvalue weighted by molar-refractivity contribution is -0.125. The van der Waals surface area contributed by atoms with Gasteiger partial charge in [0.05, 0.1) is 13.1 Å². The van der Waals surface area contributed by atoms with Gasteiger partial charge in [0.2, 0.25) is 11.8 Å². The smallest absolute Gasteiger partial charge is 0.238 e. The fourth-order valence-electron chi connectivity index (χ4n) is 2.75. The highest BCUT2D eigenvalue weighted by Gasteiger charge is 2.23. The lowest BCUT2D eigenvalue weighted by atomic mass is 10.0. The van der Waals surface area contributed by atoms with Crippen LogP contribution in [0.2, 0.25) is 0 Å². The highest BCUT2D eigenvalue weighted by Crippen LogP contribution is 2.09. The number of nitrogens with one attached hydrogen (secondary N) is 2. The summed E-state index contributed by atoms with van der Waals surface area (Å²) in [6, 6.07) is 5.72. The quantitative estimate of drug-likeness (QED) is 0.773. The van der Waals surface area contributed by atoms with E-state index in [1.165, 1.54) is 12.1 Å². The summed E-state index contributed by atoms with van der Waals surface area (Å²) < 4.78 is 12.9. The molecule has 0 unspecified atom stereocenters. The van der Waals surface area contributed by atoms with Crippen molar-refractivity contribution in [1.82, 2.24) is 15.1 Å². The Morgan fingerprint density at radius 3 is 2.00 bits per heavy atom. The molecule has 1 aliphatic heterocycles. The van der Waals surface area contributed by atoms with Gasteiger partial charge >= 0.3 is 0 Å². The molecule has 7 heteroatoms. The summed E-state index contributed by atoms with van der Waals surface area (Å²) in [4.78, 5) is 28.4.